The van der Waals surface area contributed by atoms with Gasteiger partial charge in [-0.3, -0.25) is 9.78 Å². The number of aryl methyl sites for hydroxylation is 1. The molecule has 92 valence electrons. The highest BCUT2D eigenvalue weighted by molar-refractivity contribution is 5.92. The molecule has 17 heavy (non-hydrogen) atoms. The number of likely N-dealkylation sites (tertiary alicyclic amines) is 1. The lowest BCUT2D eigenvalue weighted by atomic mass is 10.1. The van der Waals surface area contributed by atoms with Gasteiger partial charge >= 0.3 is 0 Å². The number of nitrogens with zero attached hydrogens (tertiary/aromatic N) is 3. The molecule has 1 aromatic heterocycles. The molecule has 0 aliphatic carbocycles. The lowest BCUT2D eigenvalue weighted by molar-refractivity contribution is -0.0495. The van der Waals surface area contributed by atoms with Crippen LogP contribution in [0.25, 0.3) is 0 Å². The molecule has 0 saturated carbocycles. The second-order valence-corrected chi connectivity index (χ2v) is 4.19. The van der Waals surface area contributed by atoms with E-state index in [2.05, 4.69) is 9.97 Å². The van der Waals surface area contributed by atoms with Crippen LogP contribution in [-0.4, -0.2) is 39.8 Å². The minimum atomic E-state index is -2.64. The lowest BCUT2D eigenvalue weighted by Gasteiger charge is -2.31. The summed E-state index contributed by atoms with van der Waals surface area (Å²) < 4.78 is 25.9. The van der Waals surface area contributed by atoms with Crippen LogP contribution in [0.15, 0.2) is 12.4 Å². The molecule has 0 N–H and O–H groups in total. The number of hydrogen-bond donors (Lipinski definition) is 0. The average Bonchev–Trinajstić information content (AvgIpc) is 2.29. The number of piperidine rings is 1. The van der Waals surface area contributed by atoms with Crippen LogP contribution in [0, 0.1) is 6.92 Å². The molecule has 0 unspecified atom stereocenters. The predicted molar refractivity (Wildman–Crippen MR) is 56.9 cm³/mol. The number of hydrogen-bond acceptors (Lipinski definition) is 3. The standard InChI is InChI=1S/C11H13F2N3O/c1-8-6-15-9(7-14-8)10(17)16-4-2-11(12,13)3-5-16/h6-7H,2-5H2,1H3. The maximum Gasteiger partial charge on any atom is 0.274 e. The van der Waals surface area contributed by atoms with E-state index in [0.717, 1.165) is 0 Å². The van der Waals surface area contributed by atoms with Crippen LogP contribution in [0.3, 0.4) is 0 Å². The van der Waals surface area contributed by atoms with Crippen LogP contribution in [-0.2, 0) is 0 Å². The Bertz CT molecular complexity index is 409. The molecule has 1 aromatic rings. The van der Waals surface area contributed by atoms with Crippen molar-refractivity contribution in [2.24, 2.45) is 0 Å². The van der Waals surface area contributed by atoms with Gasteiger partial charge in [0.1, 0.15) is 5.69 Å². The molecular formula is C11H13F2N3O. The zero-order chi connectivity index (χ0) is 12.5. The van der Waals surface area contributed by atoms with Gasteiger partial charge in [-0.05, 0) is 6.92 Å². The van der Waals surface area contributed by atoms with Crippen LogP contribution in [0.5, 0.6) is 0 Å². The van der Waals surface area contributed by atoms with Gasteiger partial charge in [-0.15, -0.1) is 0 Å². The third-order valence-electron chi connectivity index (χ3n) is 2.78. The first kappa shape index (κ1) is 11.9. The number of halogens is 2. The Morgan fingerprint density at radius 2 is 1.94 bits per heavy atom. The minimum Gasteiger partial charge on any atom is -0.337 e. The largest absolute Gasteiger partial charge is 0.337 e. The summed E-state index contributed by atoms with van der Waals surface area (Å²) in [7, 11) is 0. The fraction of sp³-hybridized carbons (Fsp3) is 0.545. The monoisotopic (exact) mass is 241 g/mol. The molecule has 1 amide bonds. The highest BCUT2D eigenvalue weighted by Crippen LogP contribution is 2.28. The van der Waals surface area contributed by atoms with Crippen LogP contribution >= 0.6 is 0 Å². The molecular weight excluding hydrogens is 228 g/mol. The first-order valence-corrected chi connectivity index (χ1v) is 5.44. The fourth-order valence-corrected chi connectivity index (χ4v) is 1.70. The molecule has 1 aliphatic rings. The molecule has 1 aliphatic heterocycles. The molecule has 4 nitrogen and oxygen atoms in total. The van der Waals surface area contributed by atoms with Gasteiger partial charge in [-0.1, -0.05) is 0 Å². The molecule has 6 heteroatoms. The third kappa shape index (κ3) is 2.75. The van der Waals surface area contributed by atoms with Crippen molar-refractivity contribution in [2.45, 2.75) is 25.7 Å². The topological polar surface area (TPSA) is 46.1 Å². The van der Waals surface area contributed by atoms with E-state index >= 15 is 0 Å². The Kier molecular flexibility index (Phi) is 3.04. The molecule has 1 saturated heterocycles. The first-order chi connectivity index (χ1) is 7.98. The summed E-state index contributed by atoms with van der Waals surface area (Å²) in [5, 5.41) is 0. The predicted octanol–water partition coefficient (Wildman–Crippen LogP) is 1.66. The van der Waals surface area contributed by atoms with Gasteiger partial charge in [0.15, 0.2) is 0 Å². The molecule has 2 heterocycles. The van der Waals surface area contributed by atoms with E-state index in [1.54, 1.807) is 6.92 Å². The number of carbonyl (C=O) groups excluding carboxylic acids is 1. The molecule has 0 atom stereocenters. The van der Waals surface area contributed by atoms with E-state index in [1.165, 1.54) is 17.3 Å². The van der Waals surface area contributed by atoms with E-state index < -0.39 is 5.92 Å². The molecule has 1 fully saturated rings. The Labute approximate surface area is 97.7 Å². The summed E-state index contributed by atoms with van der Waals surface area (Å²) >= 11 is 0. The van der Waals surface area contributed by atoms with E-state index in [4.69, 9.17) is 0 Å². The van der Waals surface area contributed by atoms with E-state index in [-0.39, 0.29) is 37.5 Å². The van der Waals surface area contributed by atoms with Gasteiger partial charge in [0.2, 0.25) is 0 Å². The number of carbonyl (C=O) groups is 1. The Hall–Kier alpha value is -1.59. The van der Waals surface area contributed by atoms with E-state index in [0.29, 0.717) is 5.69 Å². The zero-order valence-electron chi connectivity index (χ0n) is 9.49. The van der Waals surface area contributed by atoms with Crippen molar-refractivity contribution in [3.05, 3.63) is 23.8 Å². The van der Waals surface area contributed by atoms with E-state index in [9.17, 15) is 13.6 Å². The number of alkyl halides is 2. The summed E-state index contributed by atoms with van der Waals surface area (Å²) in [6.45, 7) is 1.91. The SMILES string of the molecule is Cc1cnc(C(=O)N2CCC(F)(F)CC2)cn1. The van der Waals surface area contributed by atoms with Crippen molar-refractivity contribution in [1.29, 1.82) is 0 Å². The first-order valence-electron chi connectivity index (χ1n) is 5.44. The highest BCUT2D eigenvalue weighted by Gasteiger charge is 2.36. The smallest absolute Gasteiger partial charge is 0.274 e. The van der Waals surface area contributed by atoms with Crippen molar-refractivity contribution in [1.82, 2.24) is 14.9 Å². The molecule has 0 aromatic carbocycles. The van der Waals surface area contributed by atoms with Crippen molar-refractivity contribution < 1.29 is 13.6 Å². The normalized spacial score (nSPS) is 19.1. The van der Waals surface area contributed by atoms with Gasteiger partial charge in [-0.25, -0.2) is 13.8 Å². The molecule has 2 rings (SSSR count). The maximum absolute atomic E-state index is 12.9. The van der Waals surface area contributed by atoms with Gasteiger partial charge < -0.3 is 4.90 Å². The number of amides is 1. The Morgan fingerprint density at radius 1 is 1.29 bits per heavy atom. The highest BCUT2D eigenvalue weighted by atomic mass is 19.3. The summed E-state index contributed by atoms with van der Waals surface area (Å²) in [4.78, 5) is 21.2. The summed E-state index contributed by atoms with van der Waals surface area (Å²) in [6.07, 6.45) is 2.31. The van der Waals surface area contributed by atoms with Gasteiger partial charge in [0, 0.05) is 32.1 Å². The van der Waals surface area contributed by atoms with Crippen LogP contribution in [0.2, 0.25) is 0 Å². The molecule has 0 radical (unpaired) electrons. The third-order valence-corrected chi connectivity index (χ3v) is 2.78. The second-order valence-electron chi connectivity index (χ2n) is 4.19. The zero-order valence-corrected chi connectivity index (χ0v) is 9.49. The van der Waals surface area contributed by atoms with Crippen molar-refractivity contribution in [3.8, 4) is 0 Å². The van der Waals surface area contributed by atoms with Crippen LogP contribution in [0.1, 0.15) is 29.0 Å². The Balaban J connectivity index is 2.04. The lowest BCUT2D eigenvalue weighted by Crippen LogP contribution is -2.43. The minimum absolute atomic E-state index is 0.0708. The summed E-state index contributed by atoms with van der Waals surface area (Å²) in [6, 6.07) is 0. The van der Waals surface area contributed by atoms with Gasteiger partial charge in [-0.2, -0.15) is 0 Å². The van der Waals surface area contributed by atoms with Crippen molar-refractivity contribution in [3.63, 3.8) is 0 Å². The number of rotatable bonds is 1. The Morgan fingerprint density at radius 3 is 2.47 bits per heavy atom. The van der Waals surface area contributed by atoms with Crippen LogP contribution in [0.4, 0.5) is 8.78 Å². The quantitative estimate of drug-likeness (QED) is 0.751. The van der Waals surface area contributed by atoms with Crippen molar-refractivity contribution >= 4 is 5.91 Å². The van der Waals surface area contributed by atoms with Crippen LogP contribution < -0.4 is 0 Å². The van der Waals surface area contributed by atoms with Gasteiger partial charge in [0.05, 0.1) is 11.9 Å². The molecule has 0 spiro atoms. The van der Waals surface area contributed by atoms with E-state index in [1.807, 2.05) is 0 Å². The second kappa shape index (κ2) is 4.35. The molecule has 0 bridgehead atoms. The fourth-order valence-electron chi connectivity index (χ4n) is 1.70. The number of aromatic nitrogens is 2. The summed E-state index contributed by atoms with van der Waals surface area (Å²) in [5.41, 5.74) is 0.924. The maximum atomic E-state index is 12.9. The average molecular weight is 241 g/mol. The summed E-state index contributed by atoms with van der Waals surface area (Å²) in [5.74, 6) is -2.97. The van der Waals surface area contributed by atoms with Crippen molar-refractivity contribution in [2.75, 3.05) is 13.1 Å². The van der Waals surface area contributed by atoms with Gasteiger partial charge in [0.25, 0.3) is 11.8 Å².